The Balaban J connectivity index is 2.83. The molecule has 0 aliphatic rings. The Kier molecular flexibility index (Phi) is 5.32. The maximum absolute atomic E-state index is 3.71. The zero-order valence-corrected chi connectivity index (χ0v) is 6.33. The number of allylic oxidation sites excluding steroid dienone is 1. The summed E-state index contributed by atoms with van der Waals surface area (Å²) in [6, 6.07) is 0. The van der Waals surface area contributed by atoms with Crippen molar-refractivity contribution >= 4 is 0 Å². The predicted octanol–water partition coefficient (Wildman–Crippen LogP) is 0.719. The zero-order chi connectivity index (χ0) is 7.11. The summed E-state index contributed by atoms with van der Waals surface area (Å²) >= 11 is 0. The van der Waals surface area contributed by atoms with Crippen LogP contribution in [-0.4, -0.2) is 19.6 Å². The number of nitrogens with one attached hydrogen (secondary N) is 2. The molecule has 0 amide bonds. The van der Waals surface area contributed by atoms with Crippen LogP contribution in [0.15, 0.2) is 12.3 Å². The van der Waals surface area contributed by atoms with Gasteiger partial charge in [0.1, 0.15) is 0 Å². The Hall–Kier alpha value is -0.500. The van der Waals surface area contributed by atoms with Crippen molar-refractivity contribution in [2.75, 3.05) is 19.6 Å². The number of hydrogen-bond donors (Lipinski definition) is 2. The third kappa shape index (κ3) is 7.50. The van der Waals surface area contributed by atoms with Crippen molar-refractivity contribution in [2.45, 2.75) is 13.8 Å². The first kappa shape index (κ1) is 8.50. The van der Waals surface area contributed by atoms with Crippen LogP contribution in [0.5, 0.6) is 0 Å². The molecule has 0 aromatic heterocycles. The highest BCUT2D eigenvalue weighted by Gasteiger charge is 1.82. The van der Waals surface area contributed by atoms with Crippen LogP contribution in [0.3, 0.4) is 0 Å². The molecule has 2 heteroatoms. The fraction of sp³-hybridized carbons (Fsp3) is 0.714. The molecular weight excluding hydrogens is 112 g/mol. The Bertz CT molecular complexity index is 79.0. The fourth-order valence-corrected chi connectivity index (χ4v) is 0.541. The molecule has 0 atom stereocenters. The van der Waals surface area contributed by atoms with Gasteiger partial charge in [-0.05, 0) is 13.5 Å². The van der Waals surface area contributed by atoms with Gasteiger partial charge in [0.2, 0.25) is 0 Å². The van der Waals surface area contributed by atoms with Gasteiger partial charge in [0.15, 0.2) is 0 Å². The van der Waals surface area contributed by atoms with Gasteiger partial charge in [-0.25, -0.2) is 0 Å². The summed E-state index contributed by atoms with van der Waals surface area (Å²) in [5.41, 5.74) is 1.04. The minimum Gasteiger partial charge on any atom is -0.388 e. The molecule has 0 rings (SSSR count). The molecule has 0 bridgehead atoms. The minimum atomic E-state index is 0.975. The number of rotatable bonds is 5. The molecule has 2 N–H and O–H groups in total. The Morgan fingerprint density at radius 1 is 1.44 bits per heavy atom. The number of likely N-dealkylation sites (N-methyl/N-ethyl adjacent to an activating group) is 1. The van der Waals surface area contributed by atoms with Gasteiger partial charge in [-0.2, -0.15) is 0 Å². The van der Waals surface area contributed by atoms with Gasteiger partial charge in [-0.15, -0.1) is 0 Å². The lowest BCUT2D eigenvalue weighted by atomic mass is 10.5. The molecule has 2 nitrogen and oxygen atoms in total. The largest absolute Gasteiger partial charge is 0.388 e. The lowest BCUT2D eigenvalue weighted by molar-refractivity contribution is 0.673. The summed E-state index contributed by atoms with van der Waals surface area (Å²) in [4.78, 5) is 0. The van der Waals surface area contributed by atoms with Crippen molar-refractivity contribution in [3.05, 3.63) is 12.3 Å². The zero-order valence-electron chi connectivity index (χ0n) is 6.33. The maximum Gasteiger partial charge on any atom is 0.0268 e. The summed E-state index contributed by atoms with van der Waals surface area (Å²) < 4.78 is 0. The smallest absolute Gasteiger partial charge is 0.0268 e. The van der Waals surface area contributed by atoms with E-state index in [1.165, 1.54) is 0 Å². The topological polar surface area (TPSA) is 24.1 Å². The fourth-order valence-electron chi connectivity index (χ4n) is 0.541. The lowest BCUT2D eigenvalue weighted by Crippen LogP contribution is -2.25. The Morgan fingerprint density at radius 3 is 2.56 bits per heavy atom. The Morgan fingerprint density at radius 2 is 2.11 bits per heavy atom. The van der Waals surface area contributed by atoms with Crippen LogP contribution in [-0.2, 0) is 0 Å². The maximum atomic E-state index is 3.71. The van der Waals surface area contributed by atoms with Gasteiger partial charge in [0, 0.05) is 18.8 Å². The third-order valence-electron chi connectivity index (χ3n) is 0.979. The molecule has 9 heavy (non-hydrogen) atoms. The highest BCUT2D eigenvalue weighted by molar-refractivity contribution is 4.83. The highest BCUT2D eigenvalue weighted by Crippen LogP contribution is 1.73. The van der Waals surface area contributed by atoms with Gasteiger partial charge in [-0.1, -0.05) is 13.5 Å². The summed E-state index contributed by atoms with van der Waals surface area (Å²) in [6.45, 7) is 10.8. The average molecular weight is 128 g/mol. The lowest BCUT2D eigenvalue weighted by Gasteiger charge is -2.03. The monoisotopic (exact) mass is 128 g/mol. The van der Waals surface area contributed by atoms with E-state index in [1.807, 2.05) is 6.92 Å². The molecule has 0 aromatic carbocycles. The summed E-state index contributed by atoms with van der Waals surface area (Å²) in [7, 11) is 0. The van der Waals surface area contributed by atoms with E-state index in [9.17, 15) is 0 Å². The molecule has 0 fully saturated rings. The van der Waals surface area contributed by atoms with Crippen molar-refractivity contribution in [1.82, 2.24) is 10.6 Å². The molecule has 0 saturated carbocycles. The molecule has 0 radical (unpaired) electrons. The van der Waals surface area contributed by atoms with Crippen LogP contribution >= 0.6 is 0 Å². The van der Waals surface area contributed by atoms with Gasteiger partial charge in [0.25, 0.3) is 0 Å². The van der Waals surface area contributed by atoms with Crippen molar-refractivity contribution in [2.24, 2.45) is 0 Å². The minimum absolute atomic E-state index is 0.975. The quantitative estimate of drug-likeness (QED) is 0.533. The van der Waals surface area contributed by atoms with E-state index in [4.69, 9.17) is 0 Å². The molecule has 0 spiro atoms. The molecule has 0 aliphatic carbocycles. The van der Waals surface area contributed by atoms with E-state index >= 15 is 0 Å². The van der Waals surface area contributed by atoms with Crippen LogP contribution in [0.2, 0.25) is 0 Å². The van der Waals surface area contributed by atoms with Crippen molar-refractivity contribution in [3.8, 4) is 0 Å². The first-order valence-electron chi connectivity index (χ1n) is 3.37. The van der Waals surface area contributed by atoms with Gasteiger partial charge >= 0.3 is 0 Å². The molecule has 54 valence electrons. The predicted molar refractivity (Wildman–Crippen MR) is 41.4 cm³/mol. The summed E-state index contributed by atoms with van der Waals surface area (Å²) in [5, 5.41) is 6.32. The SMILES string of the molecule is C=C(C)NCCNCC. The van der Waals surface area contributed by atoms with Gasteiger partial charge in [0.05, 0.1) is 0 Å². The van der Waals surface area contributed by atoms with Crippen LogP contribution < -0.4 is 10.6 Å². The van der Waals surface area contributed by atoms with E-state index in [0.717, 1.165) is 25.3 Å². The van der Waals surface area contributed by atoms with E-state index in [1.54, 1.807) is 0 Å². The summed E-state index contributed by atoms with van der Waals surface area (Å²) in [6.07, 6.45) is 0. The first-order chi connectivity index (χ1) is 4.27. The van der Waals surface area contributed by atoms with Crippen molar-refractivity contribution < 1.29 is 0 Å². The van der Waals surface area contributed by atoms with E-state index < -0.39 is 0 Å². The van der Waals surface area contributed by atoms with Crippen molar-refractivity contribution in [3.63, 3.8) is 0 Å². The second-order valence-electron chi connectivity index (χ2n) is 2.06. The average Bonchev–Trinajstić information content (AvgIpc) is 1.80. The van der Waals surface area contributed by atoms with E-state index in [-0.39, 0.29) is 0 Å². The highest BCUT2D eigenvalue weighted by atomic mass is 14.9. The molecule has 0 aliphatic heterocycles. The second-order valence-corrected chi connectivity index (χ2v) is 2.06. The van der Waals surface area contributed by atoms with Crippen LogP contribution in [0.1, 0.15) is 13.8 Å². The van der Waals surface area contributed by atoms with E-state index in [2.05, 4.69) is 24.1 Å². The first-order valence-corrected chi connectivity index (χ1v) is 3.37. The number of hydrogen-bond acceptors (Lipinski definition) is 2. The van der Waals surface area contributed by atoms with Gasteiger partial charge < -0.3 is 10.6 Å². The van der Waals surface area contributed by atoms with E-state index in [0.29, 0.717) is 0 Å². The standard InChI is InChI=1S/C7H16N2/c1-4-8-5-6-9-7(2)3/h8-9H,2,4-6H2,1,3H3. The third-order valence-corrected chi connectivity index (χ3v) is 0.979. The molecule has 0 unspecified atom stereocenters. The second kappa shape index (κ2) is 5.63. The summed E-state index contributed by atoms with van der Waals surface area (Å²) in [5.74, 6) is 0. The molecule has 0 saturated heterocycles. The normalized spacial score (nSPS) is 9.11. The van der Waals surface area contributed by atoms with Crippen LogP contribution in [0.4, 0.5) is 0 Å². The van der Waals surface area contributed by atoms with Crippen LogP contribution in [0.25, 0.3) is 0 Å². The molecule has 0 aromatic rings. The molecular formula is C7H16N2. The van der Waals surface area contributed by atoms with Crippen LogP contribution in [0, 0.1) is 0 Å². The Labute approximate surface area is 57.3 Å². The van der Waals surface area contributed by atoms with Gasteiger partial charge in [-0.3, -0.25) is 0 Å². The van der Waals surface area contributed by atoms with Crippen molar-refractivity contribution in [1.29, 1.82) is 0 Å². The molecule has 0 heterocycles.